The average Bonchev–Trinajstić information content (AvgIpc) is 1.82. The van der Waals surface area contributed by atoms with Gasteiger partial charge in [0.25, 0.3) is 0 Å². The molecule has 0 aromatic rings. The molecule has 0 aromatic carbocycles. The van der Waals surface area contributed by atoms with Crippen LogP contribution in [0.3, 0.4) is 0 Å². The molecular formula is C11H19CsO2. The fraction of sp³-hybridized carbons (Fsp3) is 0.727. The Kier molecular flexibility index (Phi) is 7.70. The van der Waals surface area contributed by atoms with Crippen LogP contribution < -0.4 is 74.0 Å². The van der Waals surface area contributed by atoms with Gasteiger partial charge >= 0.3 is 68.9 Å². The summed E-state index contributed by atoms with van der Waals surface area (Å²) in [5.41, 5.74) is -0.915. The van der Waals surface area contributed by atoms with E-state index in [9.17, 15) is 9.90 Å². The maximum Gasteiger partial charge on any atom is 1.00 e. The van der Waals surface area contributed by atoms with Crippen LogP contribution in [0, 0.1) is 10.8 Å². The first-order chi connectivity index (χ1) is 5.55. The third-order valence-corrected chi connectivity index (χ3v) is 1.74. The number of allylic oxidation sites excluding steroid dienone is 2. The van der Waals surface area contributed by atoms with Crippen LogP contribution >= 0.6 is 0 Å². The Hall–Kier alpha value is 1.26. The van der Waals surface area contributed by atoms with Gasteiger partial charge in [-0.1, -0.05) is 41.5 Å². The zero-order valence-electron chi connectivity index (χ0n) is 10.4. The molecule has 0 amide bonds. The van der Waals surface area contributed by atoms with Gasteiger partial charge in [0.1, 0.15) is 0 Å². The van der Waals surface area contributed by atoms with Crippen molar-refractivity contribution in [3.63, 3.8) is 0 Å². The molecule has 0 N–H and O–H groups in total. The summed E-state index contributed by atoms with van der Waals surface area (Å²) in [5.74, 6) is -0.208. The van der Waals surface area contributed by atoms with E-state index >= 15 is 0 Å². The second-order valence-corrected chi connectivity index (χ2v) is 5.37. The van der Waals surface area contributed by atoms with Gasteiger partial charge in [0.05, 0.1) is 0 Å². The second kappa shape index (κ2) is 6.11. The Morgan fingerprint density at radius 2 is 1.36 bits per heavy atom. The van der Waals surface area contributed by atoms with Crippen LogP contribution in [0.2, 0.25) is 0 Å². The monoisotopic (exact) mass is 316 g/mol. The number of hydrogen-bond donors (Lipinski definition) is 0. The summed E-state index contributed by atoms with van der Waals surface area (Å²) in [6, 6.07) is 0. The topological polar surface area (TPSA) is 40.1 Å². The van der Waals surface area contributed by atoms with Crippen molar-refractivity contribution >= 4 is 5.78 Å². The molecule has 2 nitrogen and oxygen atoms in total. The zero-order chi connectivity index (χ0) is 10.9. The number of hydrogen-bond acceptors (Lipinski definition) is 2. The van der Waals surface area contributed by atoms with Crippen molar-refractivity contribution in [2.75, 3.05) is 0 Å². The Morgan fingerprint density at radius 1 is 1.00 bits per heavy atom. The smallest absolute Gasteiger partial charge is 0.875 e. The molecule has 0 fully saturated rings. The molecule has 0 heterocycles. The zero-order valence-corrected chi connectivity index (χ0v) is 16.7. The van der Waals surface area contributed by atoms with Crippen LogP contribution in [0.5, 0.6) is 0 Å². The second-order valence-electron chi connectivity index (χ2n) is 5.37. The van der Waals surface area contributed by atoms with E-state index in [1.807, 2.05) is 41.5 Å². The SMILES string of the molecule is CC(C)(C)C(=O)/C=C(\[O-])C(C)(C)C.[Cs+]. The number of carbonyl (C=O) groups is 1. The van der Waals surface area contributed by atoms with E-state index in [-0.39, 0.29) is 80.4 Å². The summed E-state index contributed by atoms with van der Waals surface area (Å²) >= 11 is 0. The number of rotatable bonds is 1. The summed E-state index contributed by atoms with van der Waals surface area (Å²) in [6.45, 7) is 10.8. The van der Waals surface area contributed by atoms with E-state index in [4.69, 9.17) is 0 Å². The van der Waals surface area contributed by atoms with Crippen molar-refractivity contribution in [1.29, 1.82) is 0 Å². The molecule has 76 valence electrons. The van der Waals surface area contributed by atoms with Gasteiger partial charge in [-0.25, -0.2) is 0 Å². The Bertz CT molecular complexity index is 229. The van der Waals surface area contributed by atoms with Crippen molar-refractivity contribution in [2.24, 2.45) is 10.8 Å². The molecule has 3 heteroatoms. The first-order valence-corrected chi connectivity index (χ1v) is 4.49. The number of carbonyl (C=O) groups excluding carboxylic acids is 1. The molecular weight excluding hydrogens is 297 g/mol. The minimum Gasteiger partial charge on any atom is -0.875 e. The van der Waals surface area contributed by atoms with Gasteiger partial charge in [-0.3, -0.25) is 4.79 Å². The van der Waals surface area contributed by atoms with Gasteiger partial charge in [-0.2, -0.15) is 0 Å². The average molecular weight is 316 g/mol. The molecule has 0 aromatic heterocycles. The van der Waals surface area contributed by atoms with Gasteiger partial charge < -0.3 is 5.11 Å². The largest absolute Gasteiger partial charge is 1.00 e. The van der Waals surface area contributed by atoms with E-state index in [0.717, 1.165) is 0 Å². The molecule has 0 atom stereocenters. The predicted molar refractivity (Wildman–Crippen MR) is 52.0 cm³/mol. The minimum atomic E-state index is -0.457. The molecule has 0 aliphatic rings. The van der Waals surface area contributed by atoms with Crippen LogP contribution in [-0.2, 0) is 4.79 Å². The molecule has 0 saturated heterocycles. The van der Waals surface area contributed by atoms with Gasteiger partial charge in [-0.05, 0) is 11.5 Å². The van der Waals surface area contributed by atoms with E-state index in [2.05, 4.69) is 0 Å². The van der Waals surface area contributed by atoms with Gasteiger partial charge in [0.15, 0.2) is 5.78 Å². The molecule has 0 spiro atoms. The molecule has 14 heavy (non-hydrogen) atoms. The molecule has 0 rings (SSSR count). The third-order valence-electron chi connectivity index (χ3n) is 1.74. The molecule has 0 aliphatic heterocycles. The van der Waals surface area contributed by atoms with Crippen LogP contribution in [-0.4, -0.2) is 5.78 Å². The molecule has 0 radical (unpaired) electrons. The van der Waals surface area contributed by atoms with Gasteiger partial charge in [0.2, 0.25) is 0 Å². The Morgan fingerprint density at radius 3 is 1.57 bits per heavy atom. The third kappa shape index (κ3) is 6.69. The fourth-order valence-corrected chi connectivity index (χ4v) is 0.552. The van der Waals surface area contributed by atoms with E-state index in [0.29, 0.717) is 0 Å². The van der Waals surface area contributed by atoms with Crippen LogP contribution in [0.1, 0.15) is 41.5 Å². The summed E-state index contributed by atoms with van der Waals surface area (Å²) in [6.07, 6.45) is 1.22. The summed E-state index contributed by atoms with van der Waals surface area (Å²) < 4.78 is 0. The molecule has 0 unspecified atom stereocenters. The van der Waals surface area contributed by atoms with Crippen molar-refractivity contribution in [3.05, 3.63) is 11.8 Å². The van der Waals surface area contributed by atoms with Crippen molar-refractivity contribution in [2.45, 2.75) is 41.5 Å². The first-order valence-electron chi connectivity index (χ1n) is 4.49. The van der Waals surface area contributed by atoms with Crippen molar-refractivity contribution in [3.8, 4) is 0 Å². The summed E-state index contributed by atoms with van der Waals surface area (Å²) in [7, 11) is 0. The number of ketones is 1. The summed E-state index contributed by atoms with van der Waals surface area (Å²) in [5, 5.41) is 11.4. The fourth-order valence-electron chi connectivity index (χ4n) is 0.552. The molecule has 0 bridgehead atoms. The standard InChI is InChI=1S/C11H20O2.Cs/c1-10(2,3)8(12)7-9(13)11(4,5)6;/h7,12H,1-6H3;/q;+1/p-1/b8-7-;. The van der Waals surface area contributed by atoms with E-state index in [1.54, 1.807) is 0 Å². The minimum absolute atomic E-state index is 0. The van der Waals surface area contributed by atoms with E-state index < -0.39 is 10.8 Å². The van der Waals surface area contributed by atoms with Crippen molar-refractivity contribution < 1.29 is 78.8 Å². The normalized spacial score (nSPS) is 13.4. The maximum atomic E-state index is 11.4. The molecule has 0 aliphatic carbocycles. The summed E-state index contributed by atoms with van der Waals surface area (Å²) in [4.78, 5) is 11.4. The first kappa shape index (κ1) is 17.7. The Labute approximate surface area is 146 Å². The maximum absolute atomic E-state index is 11.4. The van der Waals surface area contributed by atoms with Gasteiger partial charge in [-0.15, -0.1) is 5.76 Å². The Balaban J connectivity index is 0. The van der Waals surface area contributed by atoms with Crippen LogP contribution in [0.4, 0.5) is 0 Å². The quantitative estimate of drug-likeness (QED) is 0.455. The van der Waals surface area contributed by atoms with Crippen molar-refractivity contribution in [1.82, 2.24) is 0 Å². The van der Waals surface area contributed by atoms with Gasteiger partial charge in [0, 0.05) is 5.41 Å². The van der Waals surface area contributed by atoms with Crippen LogP contribution in [0.25, 0.3) is 0 Å². The molecule has 0 saturated carbocycles. The van der Waals surface area contributed by atoms with Crippen LogP contribution in [0.15, 0.2) is 11.8 Å². The van der Waals surface area contributed by atoms with E-state index in [1.165, 1.54) is 6.08 Å². The predicted octanol–water partition coefficient (Wildman–Crippen LogP) is -1.10.